The van der Waals surface area contributed by atoms with Crippen LogP contribution in [0, 0.1) is 50.2 Å². The second-order valence-electron chi connectivity index (χ2n) is 3.84. The lowest BCUT2D eigenvalue weighted by Gasteiger charge is -1.99. The highest BCUT2D eigenvalue weighted by Crippen LogP contribution is 2.77. The number of nitrogens with zero attached hydrogens (tertiary/aromatic N) is 3. The van der Waals surface area contributed by atoms with Crippen molar-refractivity contribution < 1.29 is 0 Å². The maximum absolute atomic E-state index is 8.85. The van der Waals surface area contributed by atoms with Crippen LogP contribution in [-0.2, 0) is 0 Å². The van der Waals surface area contributed by atoms with Crippen LogP contribution >= 0.6 is 0 Å². The van der Waals surface area contributed by atoms with Gasteiger partial charge in [0, 0.05) is 5.41 Å². The first-order valence-corrected chi connectivity index (χ1v) is 3.67. The van der Waals surface area contributed by atoms with Gasteiger partial charge >= 0.3 is 0 Å². The maximum Gasteiger partial charge on any atom is 0.169 e. The third kappa shape index (κ3) is 0.448. The molecule has 1 atom stereocenters. The van der Waals surface area contributed by atoms with E-state index < -0.39 is 16.2 Å². The Hall–Kier alpha value is -1.53. The van der Waals surface area contributed by atoms with E-state index in [9.17, 15) is 0 Å². The molecule has 0 aromatic carbocycles. The van der Waals surface area contributed by atoms with Gasteiger partial charge in [-0.2, -0.15) is 15.8 Å². The van der Waals surface area contributed by atoms with Crippen LogP contribution in [0.5, 0.6) is 0 Å². The van der Waals surface area contributed by atoms with Gasteiger partial charge in [0.15, 0.2) is 5.41 Å². The first-order valence-electron chi connectivity index (χ1n) is 3.67. The van der Waals surface area contributed by atoms with E-state index in [2.05, 4.69) is 6.07 Å². The Morgan fingerprint density at radius 3 is 1.33 bits per heavy atom. The summed E-state index contributed by atoms with van der Waals surface area (Å²) in [5.41, 5.74) is -2.45. The van der Waals surface area contributed by atoms with Crippen LogP contribution in [0.25, 0.3) is 0 Å². The van der Waals surface area contributed by atoms with Gasteiger partial charge in [0.25, 0.3) is 0 Å². The molecule has 1 unspecified atom stereocenters. The summed E-state index contributed by atoms with van der Waals surface area (Å²) < 4.78 is 0. The molecule has 0 aliphatic heterocycles. The van der Waals surface area contributed by atoms with Crippen molar-refractivity contribution in [3.05, 3.63) is 0 Å². The molecule has 0 radical (unpaired) electrons. The van der Waals surface area contributed by atoms with Crippen LogP contribution in [0.15, 0.2) is 0 Å². The van der Waals surface area contributed by atoms with E-state index in [1.807, 2.05) is 12.1 Å². The first-order chi connectivity index (χ1) is 5.43. The van der Waals surface area contributed by atoms with Crippen molar-refractivity contribution in [3.63, 3.8) is 0 Å². The summed E-state index contributed by atoms with van der Waals surface area (Å²) in [6.07, 6.45) is 0. The Morgan fingerprint density at radius 2 is 1.25 bits per heavy atom. The predicted octanol–water partition coefficient (Wildman–Crippen LogP) is 1.59. The molecule has 12 heavy (non-hydrogen) atoms. The standard InChI is InChI=1S/C9H9N3/c1-7(2)8(3,4-10)9(7,5-11)6-12/h1-3H3. The van der Waals surface area contributed by atoms with E-state index >= 15 is 0 Å². The normalized spacial score (nSPS) is 34.0. The quantitative estimate of drug-likeness (QED) is 0.538. The van der Waals surface area contributed by atoms with Crippen molar-refractivity contribution in [2.45, 2.75) is 20.8 Å². The minimum atomic E-state index is -1.12. The van der Waals surface area contributed by atoms with Crippen molar-refractivity contribution >= 4 is 0 Å². The van der Waals surface area contributed by atoms with Crippen LogP contribution in [-0.4, -0.2) is 0 Å². The molecule has 0 aromatic rings. The van der Waals surface area contributed by atoms with Gasteiger partial charge in [0.05, 0.1) is 23.6 Å². The van der Waals surface area contributed by atoms with Crippen molar-refractivity contribution in [2.24, 2.45) is 16.2 Å². The van der Waals surface area contributed by atoms with E-state index in [1.54, 1.807) is 20.8 Å². The number of nitriles is 3. The third-order valence-electron chi connectivity index (χ3n) is 3.43. The summed E-state index contributed by atoms with van der Waals surface area (Å²) in [6, 6.07) is 5.95. The average molecular weight is 159 g/mol. The van der Waals surface area contributed by atoms with Crippen molar-refractivity contribution in [1.29, 1.82) is 15.8 Å². The third-order valence-corrected chi connectivity index (χ3v) is 3.43. The molecule has 0 spiro atoms. The Kier molecular flexibility index (Phi) is 1.28. The minimum absolute atomic E-state index is 0.516. The predicted molar refractivity (Wildman–Crippen MR) is 41.2 cm³/mol. The Labute approximate surface area is 71.8 Å². The lowest BCUT2D eigenvalue weighted by atomic mass is 9.99. The van der Waals surface area contributed by atoms with E-state index in [0.717, 1.165) is 0 Å². The summed E-state index contributed by atoms with van der Waals surface area (Å²) in [4.78, 5) is 0. The van der Waals surface area contributed by atoms with Crippen LogP contribution in [0.2, 0.25) is 0 Å². The highest BCUT2D eigenvalue weighted by Gasteiger charge is 2.83. The zero-order chi connectivity index (χ0) is 9.62. The molecule has 1 saturated carbocycles. The van der Waals surface area contributed by atoms with Gasteiger partial charge < -0.3 is 0 Å². The zero-order valence-corrected chi connectivity index (χ0v) is 7.34. The van der Waals surface area contributed by atoms with Gasteiger partial charge in [-0.3, -0.25) is 0 Å². The fourth-order valence-electron chi connectivity index (χ4n) is 1.85. The molecular formula is C9H9N3. The summed E-state index contributed by atoms with van der Waals surface area (Å²) in [5, 5.41) is 26.5. The maximum atomic E-state index is 8.85. The van der Waals surface area contributed by atoms with Crippen molar-refractivity contribution in [1.82, 2.24) is 0 Å². The second kappa shape index (κ2) is 1.79. The van der Waals surface area contributed by atoms with E-state index in [0.29, 0.717) is 0 Å². The fraction of sp³-hybridized carbons (Fsp3) is 0.667. The summed E-state index contributed by atoms with van der Waals surface area (Å²) in [5.74, 6) is 0. The van der Waals surface area contributed by atoms with Gasteiger partial charge in [0.2, 0.25) is 0 Å². The van der Waals surface area contributed by atoms with Crippen LogP contribution in [0.4, 0.5) is 0 Å². The molecule has 1 aliphatic rings. The van der Waals surface area contributed by atoms with Gasteiger partial charge in [0.1, 0.15) is 0 Å². The van der Waals surface area contributed by atoms with Crippen LogP contribution < -0.4 is 0 Å². The summed E-state index contributed by atoms with van der Waals surface area (Å²) >= 11 is 0. The SMILES string of the molecule is CC1(C)C(C)(C#N)C1(C#N)C#N. The molecular weight excluding hydrogens is 150 g/mol. The molecule has 0 amide bonds. The molecule has 3 nitrogen and oxygen atoms in total. The molecule has 1 aliphatic carbocycles. The van der Waals surface area contributed by atoms with Gasteiger partial charge in [-0.05, 0) is 6.92 Å². The smallest absolute Gasteiger partial charge is 0.169 e. The van der Waals surface area contributed by atoms with E-state index in [1.165, 1.54) is 0 Å². The largest absolute Gasteiger partial charge is 0.198 e. The monoisotopic (exact) mass is 159 g/mol. The molecule has 0 heterocycles. The van der Waals surface area contributed by atoms with E-state index in [-0.39, 0.29) is 0 Å². The lowest BCUT2D eigenvalue weighted by Crippen LogP contribution is -2.03. The lowest BCUT2D eigenvalue weighted by molar-refractivity contribution is 0.505. The van der Waals surface area contributed by atoms with Gasteiger partial charge in [-0.1, -0.05) is 13.8 Å². The molecule has 1 fully saturated rings. The summed E-state index contributed by atoms with van der Waals surface area (Å²) in [7, 11) is 0. The minimum Gasteiger partial charge on any atom is -0.198 e. The second-order valence-corrected chi connectivity index (χ2v) is 3.84. The van der Waals surface area contributed by atoms with Gasteiger partial charge in [-0.15, -0.1) is 0 Å². The number of rotatable bonds is 0. The molecule has 60 valence electrons. The summed E-state index contributed by atoms with van der Waals surface area (Å²) in [6.45, 7) is 5.23. The molecule has 3 heteroatoms. The number of hydrogen-bond donors (Lipinski definition) is 0. The Balaban J connectivity index is 3.31. The number of hydrogen-bond acceptors (Lipinski definition) is 3. The molecule has 0 saturated heterocycles. The fourth-order valence-corrected chi connectivity index (χ4v) is 1.85. The van der Waals surface area contributed by atoms with E-state index in [4.69, 9.17) is 15.8 Å². The highest BCUT2D eigenvalue weighted by molar-refractivity contribution is 5.47. The van der Waals surface area contributed by atoms with Crippen molar-refractivity contribution in [2.75, 3.05) is 0 Å². The molecule has 0 N–H and O–H groups in total. The first kappa shape index (κ1) is 8.57. The Morgan fingerprint density at radius 1 is 0.833 bits per heavy atom. The van der Waals surface area contributed by atoms with Crippen LogP contribution in [0.1, 0.15) is 20.8 Å². The zero-order valence-electron chi connectivity index (χ0n) is 7.34. The van der Waals surface area contributed by atoms with Crippen LogP contribution in [0.3, 0.4) is 0 Å². The van der Waals surface area contributed by atoms with Crippen molar-refractivity contribution in [3.8, 4) is 18.2 Å². The molecule has 0 aromatic heterocycles. The molecule has 1 rings (SSSR count). The highest BCUT2D eigenvalue weighted by atomic mass is 14.8. The topological polar surface area (TPSA) is 71.4 Å². The average Bonchev–Trinajstić information content (AvgIpc) is 2.43. The molecule has 0 bridgehead atoms. The Bertz CT molecular complexity index is 333. The van der Waals surface area contributed by atoms with Gasteiger partial charge in [-0.25, -0.2) is 0 Å².